The molecule has 2 aromatic carbocycles. The third kappa shape index (κ3) is 6.72. The van der Waals surface area contributed by atoms with Gasteiger partial charge in [-0.15, -0.1) is 0 Å². The average molecular weight is 615 g/mol. The first kappa shape index (κ1) is 32.5. The number of ether oxygens (including phenoxy) is 4. The van der Waals surface area contributed by atoms with Crippen molar-refractivity contribution < 1.29 is 79.9 Å². The molecule has 10 unspecified atom stereocenters. The fourth-order valence-electron chi connectivity index (χ4n) is 4.84. The van der Waals surface area contributed by atoms with E-state index in [1.807, 2.05) is 0 Å². The third-order valence-electron chi connectivity index (χ3n) is 7.30. The van der Waals surface area contributed by atoms with E-state index in [4.69, 9.17) is 18.9 Å². The summed E-state index contributed by atoms with van der Waals surface area (Å²) in [6.07, 6.45) is -16.2. The van der Waals surface area contributed by atoms with Crippen molar-refractivity contribution in [3.05, 3.63) is 35.4 Å². The number of hydrogen-bond acceptors (Lipinski definition) is 16. The first-order valence-electron chi connectivity index (χ1n) is 13.2. The number of aromatic hydroxyl groups is 5. The van der Waals surface area contributed by atoms with Gasteiger partial charge in [0, 0.05) is 18.6 Å². The van der Waals surface area contributed by atoms with Gasteiger partial charge in [0.05, 0.1) is 12.7 Å². The molecule has 10 atom stereocenters. The largest absolute Gasteiger partial charge is 0.507 e. The van der Waals surface area contributed by atoms with Gasteiger partial charge in [0.15, 0.2) is 35.4 Å². The molecule has 0 aliphatic carbocycles. The monoisotopic (exact) mass is 614 g/mol. The molecule has 0 spiro atoms. The van der Waals surface area contributed by atoms with Crippen LogP contribution in [0.1, 0.15) is 29.3 Å². The van der Waals surface area contributed by atoms with Gasteiger partial charge in [-0.1, -0.05) is 0 Å². The molecule has 11 N–H and O–H groups in total. The minimum absolute atomic E-state index is 0.0471. The zero-order valence-corrected chi connectivity index (χ0v) is 22.7. The van der Waals surface area contributed by atoms with Crippen LogP contribution < -0.4 is 4.74 Å². The van der Waals surface area contributed by atoms with Crippen molar-refractivity contribution in [2.24, 2.45) is 0 Å². The second-order valence-corrected chi connectivity index (χ2v) is 10.3. The van der Waals surface area contributed by atoms with Crippen LogP contribution in [0.25, 0.3) is 0 Å². The summed E-state index contributed by atoms with van der Waals surface area (Å²) in [7, 11) is 0. The lowest BCUT2D eigenvalue weighted by atomic mass is 9.97. The number of carbonyl (C=O) groups excluding carboxylic acids is 1. The molecule has 4 rings (SSSR count). The zero-order valence-electron chi connectivity index (χ0n) is 22.7. The third-order valence-corrected chi connectivity index (χ3v) is 7.30. The lowest BCUT2D eigenvalue weighted by molar-refractivity contribution is -0.354. The molecule has 238 valence electrons. The minimum Gasteiger partial charge on any atom is -0.507 e. The van der Waals surface area contributed by atoms with Gasteiger partial charge in [0.25, 0.3) is 0 Å². The second-order valence-electron chi connectivity index (χ2n) is 10.3. The summed E-state index contributed by atoms with van der Waals surface area (Å²) >= 11 is 0. The van der Waals surface area contributed by atoms with Crippen molar-refractivity contribution in [1.29, 1.82) is 0 Å². The second kappa shape index (κ2) is 13.0. The summed E-state index contributed by atoms with van der Waals surface area (Å²) in [6.45, 7) is 0.622. The Morgan fingerprint density at radius 2 is 1.37 bits per heavy atom. The van der Waals surface area contributed by atoms with Crippen molar-refractivity contribution >= 4 is 5.78 Å². The summed E-state index contributed by atoms with van der Waals surface area (Å²) in [4.78, 5) is 12.8. The van der Waals surface area contributed by atoms with Crippen LogP contribution in [0.2, 0.25) is 0 Å². The van der Waals surface area contributed by atoms with Crippen LogP contribution >= 0.6 is 0 Å². The molecule has 16 heteroatoms. The molecule has 0 amide bonds. The number of hydrogen-bond donors (Lipinski definition) is 11. The topological polar surface area (TPSA) is 277 Å². The van der Waals surface area contributed by atoms with Gasteiger partial charge in [-0.3, -0.25) is 4.79 Å². The Balaban J connectivity index is 1.52. The fraction of sp³-hybridized carbons (Fsp3) is 0.519. The number of ketones is 1. The molecule has 2 saturated heterocycles. The Labute approximate surface area is 243 Å². The quantitative estimate of drug-likeness (QED) is 0.108. The Bertz CT molecular complexity index is 1260. The maximum atomic E-state index is 12.8. The van der Waals surface area contributed by atoms with Gasteiger partial charge in [0.2, 0.25) is 6.29 Å². The van der Waals surface area contributed by atoms with Gasteiger partial charge in [0.1, 0.15) is 59.4 Å². The summed E-state index contributed by atoms with van der Waals surface area (Å²) in [5.41, 5.74) is -0.205. The zero-order chi connectivity index (χ0) is 31.7. The number of aryl methyl sites for hydroxylation is 1. The lowest BCUT2D eigenvalue weighted by Gasteiger charge is -2.45. The normalized spacial score (nSPS) is 32.8. The van der Waals surface area contributed by atoms with E-state index in [2.05, 4.69) is 0 Å². The highest BCUT2D eigenvalue weighted by Crippen LogP contribution is 2.38. The van der Waals surface area contributed by atoms with Gasteiger partial charge >= 0.3 is 0 Å². The van der Waals surface area contributed by atoms with Gasteiger partial charge in [-0.05, 0) is 31.0 Å². The molecule has 2 aliphatic rings. The molecule has 2 aliphatic heterocycles. The number of Topliss-reactive ketones (excluding diaryl/α,β-unsaturated/α-hetero) is 1. The van der Waals surface area contributed by atoms with E-state index in [0.29, 0.717) is 0 Å². The maximum absolute atomic E-state index is 12.8. The Hall–Kier alpha value is -3.45. The van der Waals surface area contributed by atoms with Gasteiger partial charge in [-0.25, -0.2) is 0 Å². The number of phenols is 5. The number of rotatable bonds is 9. The Kier molecular flexibility index (Phi) is 9.85. The Morgan fingerprint density at radius 1 is 0.767 bits per heavy atom. The maximum Gasteiger partial charge on any atom is 0.229 e. The van der Waals surface area contributed by atoms with Gasteiger partial charge in [-0.2, -0.15) is 0 Å². The summed E-state index contributed by atoms with van der Waals surface area (Å²) in [5, 5.41) is 111. The highest BCUT2D eigenvalue weighted by Gasteiger charge is 2.51. The molecular weight excluding hydrogens is 580 g/mol. The van der Waals surface area contributed by atoms with Crippen molar-refractivity contribution in [2.75, 3.05) is 6.61 Å². The number of aliphatic hydroxyl groups excluding tert-OH is 6. The number of phenolic OH excluding ortho intramolecular Hbond substituents is 5. The molecule has 16 nitrogen and oxygen atoms in total. The highest BCUT2D eigenvalue weighted by atomic mass is 16.8. The molecule has 0 bridgehead atoms. The molecule has 2 fully saturated rings. The fourth-order valence-corrected chi connectivity index (χ4v) is 4.84. The van der Waals surface area contributed by atoms with Crippen molar-refractivity contribution in [2.45, 2.75) is 81.2 Å². The van der Waals surface area contributed by atoms with E-state index in [0.717, 1.165) is 24.3 Å². The van der Waals surface area contributed by atoms with Gasteiger partial charge < -0.3 is 75.1 Å². The molecule has 0 aromatic heterocycles. The molecule has 43 heavy (non-hydrogen) atoms. The predicted octanol–water partition coefficient (Wildman–Crippen LogP) is -1.94. The van der Waals surface area contributed by atoms with Crippen molar-refractivity contribution in [3.63, 3.8) is 0 Å². The number of carbonyl (C=O) groups is 1. The molecular formula is C27H34O16. The highest BCUT2D eigenvalue weighted by molar-refractivity contribution is 6.01. The summed E-state index contributed by atoms with van der Waals surface area (Å²) in [5.74, 6) is -4.42. The van der Waals surface area contributed by atoms with Crippen LogP contribution in [-0.2, 0) is 20.6 Å². The van der Waals surface area contributed by atoms with E-state index >= 15 is 0 Å². The number of benzene rings is 2. The standard InChI is InChI=1S/C27H34O16/c1-9-19(34)22(37)24(39)26(40-9)43-25-23(38)21(36)17(8-28)42-27(25)41-11-6-13(30)18(14(31)7-11)12(29)3-2-10-4-15(32)20(35)16(33)5-10/h4-7,9,17,19,21-28,30-39H,2-3,8H2,1H3. The molecule has 0 saturated carbocycles. The van der Waals surface area contributed by atoms with E-state index in [-0.39, 0.29) is 24.2 Å². The predicted molar refractivity (Wildman–Crippen MR) is 139 cm³/mol. The SMILES string of the molecule is CC1OC(OC2C(Oc3cc(O)c(C(=O)CCc4cc(O)c(O)c(O)c4)c(O)c3)OC(CO)C(O)C2O)C(O)C(O)C1O. The van der Waals surface area contributed by atoms with Crippen LogP contribution in [0.15, 0.2) is 24.3 Å². The van der Waals surface area contributed by atoms with Crippen molar-refractivity contribution in [1.82, 2.24) is 0 Å². The van der Waals surface area contributed by atoms with E-state index in [9.17, 15) is 61.0 Å². The first-order valence-corrected chi connectivity index (χ1v) is 13.2. The Morgan fingerprint density at radius 3 is 1.95 bits per heavy atom. The summed E-state index contributed by atoms with van der Waals surface area (Å²) < 4.78 is 22.1. The van der Waals surface area contributed by atoms with Crippen LogP contribution in [0, 0.1) is 0 Å². The van der Waals surface area contributed by atoms with Crippen LogP contribution in [0.3, 0.4) is 0 Å². The van der Waals surface area contributed by atoms with Crippen LogP contribution in [0.5, 0.6) is 34.5 Å². The molecule has 2 aromatic rings. The lowest BCUT2D eigenvalue weighted by Crippen LogP contribution is -2.64. The molecule has 0 radical (unpaired) electrons. The van der Waals surface area contributed by atoms with Crippen molar-refractivity contribution in [3.8, 4) is 34.5 Å². The summed E-state index contributed by atoms with van der Waals surface area (Å²) in [6, 6.07) is 4.14. The van der Waals surface area contributed by atoms with Crippen LogP contribution in [0.4, 0.5) is 0 Å². The van der Waals surface area contributed by atoms with E-state index in [1.54, 1.807) is 0 Å². The average Bonchev–Trinajstić information content (AvgIpc) is 2.95. The number of aliphatic hydroxyl groups is 6. The first-order chi connectivity index (χ1) is 20.2. The molecule has 2 heterocycles. The smallest absolute Gasteiger partial charge is 0.229 e. The minimum atomic E-state index is -1.81. The van der Waals surface area contributed by atoms with E-state index in [1.165, 1.54) is 6.92 Å². The van der Waals surface area contributed by atoms with Crippen LogP contribution in [-0.4, -0.2) is 130 Å². The van der Waals surface area contributed by atoms with E-state index < -0.39 is 108 Å².